The van der Waals surface area contributed by atoms with Crippen molar-refractivity contribution in [2.24, 2.45) is 7.05 Å². The van der Waals surface area contributed by atoms with Gasteiger partial charge in [0.2, 0.25) is 0 Å². The average Bonchev–Trinajstić information content (AvgIpc) is 2.64. The number of nitrogens with one attached hydrogen (secondary N) is 1. The Hall–Kier alpha value is -1.83. The molecular formula is C8H7BrN6O. The molecule has 0 unspecified atom stereocenters. The second kappa shape index (κ2) is 4.35. The molecule has 1 N–H and O–H groups in total. The van der Waals surface area contributed by atoms with Gasteiger partial charge in [0, 0.05) is 16.9 Å². The van der Waals surface area contributed by atoms with Crippen LogP contribution in [0, 0.1) is 0 Å². The first kappa shape index (κ1) is 10.7. The number of aromatic nitrogens is 5. The second-order valence-electron chi connectivity index (χ2n) is 2.95. The fraction of sp³-hybridized carbons (Fsp3) is 0.125. The van der Waals surface area contributed by atoms with Gasteiger partial charge >= 0.3 is 0 Å². The van der Waals surface area contributed by atoms with Crippen molar-refractivity contribution >= 4 is 27.8 Å². The van der Waals surface area contributed by atoms with Crippen molar-refractivity contribution in [1.82, 2.24) is 25.2 Å². The first-order chi connectivity index (χ1) is 7.65. The standard InChI is InChI=1S/C8H7BrN6O/c1-15-13-8(12-14-15)11-7(16)5-2-6(9)4-10-3-5/h2-4H,1H3,(H,11,13,16). The van der Waals surface area contributed by atoms with Gasteiger partial charge in [0.05, 0.1) is 12.6 Å². The van der Waals surface area contributed by atoms with Crippen LogP contribution in [0.3, 0.4) is 0 Å². The van der Waals surface area contributed by atoms with Crippen molar-refractivity contribution in [3.63, 3.8) is 0 Å². The van der Waals surface area contributed by atoms with Crippen molar-refractivity contribution in [3.8, 4) is 0 Å². The summed E-state index contributed by atoms with van der Waals surface area (Å²) in [5.74, 6) is -0.172. The number of tetrazole rings is 1. The lowest BCUT2D eigenvalue weighted by Crippen LogP contribution is -2.13. The van der Waals surface area contributed by atoms with Gasteiger partial charge in [-0.25, -0.2) is 0 Å². The van der Waals surface area contributed by atoms with E-state index >= 15 is 0 Å². The molecular weight excluding hydrogens is 276 g/mol. The Morgan fingerprint density at radius 1 is 1.50 bits per heavy atom. The molecule has 8 heteroatoms. The van der Waals surface area contributed by atoms with Gasteiger partial charge in [-0.3, -0.25) is 15.1 Å². The van der Waals surface area contributed by atoms with Crippen LogP contribution in [0.1, 0.15) is 10.4 Å². The number of rotatable bonds is 2. The van der Waals surface area contributed by atoms with Gasteiger partial charge in [-0.05, 0) is 27.2 Å². The number of hydrogen-bond acceptors (Lipinski definition) is 5. The zero-order valence-corrected chi connectivity index (χ0v) is 9.84. The van der Waals surface area contributed by atoms with Crippen molar-refractivity contribution in [2.75, 3.05) is 5.32 Å². The topological polar surface area (TPSA) is 85.6 Å². The molecule has 0 spiro atoms. The normalized spacial score (nSPS) is 10.1. The fourth-order valence-corrected chi connectivity index (χ4v) is 1.41. The summed E-state index contributed by atoms with van der Waals surface area (Å²) in [5, 5.41) is 13.6. The van der Waals surface area contributed by atoms with Gasteiger partial charge in [0.15, 0.2) is 0 Å². The first-order valence-corrected chi connectivity index (χ1v) is 5.10. The summed E-state index contributed by atoms with van der Waals surface area (Å²) in [5.41, 5.74) is 0.418. The number of pyridine rings is 1. The highest BCUT2D eigenvalue weighted by atomic mass is 79.9. The number of halogens is 1. The van der Waals surface area contributed by atoms with Crippen LogP contribution in [-0.4, -0.2) is 31.1 Å². The first-order valence-electron chi connectivity index (χ1n) is 4.31. The molecule has 2 rings (SSSR count). The summed E-state index contributed by atoms with van der Waals surface area (Å²) < 4.78 is 0.729. The summed E-state index contributed by atoms with van der Waals surface area (Å²) in [6, 6.07) is 1.65. The molecule has 2 aromatic rings. The Labute approximate surface area is 99.0 Å². The minimum Gasteiger partial charge on any atom is -0.288 e. The Bertz CT molecular complexity index is 525. The molecule has 7 nitrogen and oxygen atoms in total. The molecule has 0 bridgehead atoms. The van der Waals surface area contributed by atoms with E-state index in [-0.39, 0.29) is 11.9 Å². The molecule has 82 valence electrons. The number of amides is 1. The van der Waals surface area contributed by atoms with Crippen LogP contribution in [-0.2, 0) is 7.05 Å². The highest BCUT2D eigenvalue weighted by Crippen LogP contribution is 2.10. The quantitative estimate of drug-likeness (QED) is 0.873. The third-order valence-electron chi connectivity index (χ3n) is 1.70. The van der Waals surface area contributed by atoms with Gasteiger partial charge < -0.3 is 0 Å². The highest BCUT2D eigenvalue weighted by molar-refractivity contribution is 9.10. The maximum atomic E-state index is 11.7. The third-order valence-corrected chi connectivity index (χ3v) is 2.13. The zero-order valence-electron chi connectivity index (χ0n) is 8.25. The zero-order chi connectivity index (χ0) is 11.5. The number of nitrogens with zero attached hydrogens (tertiary/aromatic N) is 5. The van der Waals surface area contributed by atoms with Crippen LogP contribution in [0.5, 0.6) is 0 Å². The van der Waals surface area contributed by atoms with Gasteiger partial charge in [-0.2, -0.15) is 4.80 Å². The molecule has 0 aliphatic carbocycles. The van der Waals surface area contributed by atoms with Crippen LogP contribution in [0.25, 0.3) is 0 Å². The van der Waals surface area contributed by atoms with E-state index in [1.54, 1.807) is 19.3 Å². The molecule has 1 amide bonds. The maximum absolute atomic E-state index is 11.7. The number of carbonyl (C=O) groups excluding carboxylic acids is 1. The molecule has 16 heavy (non-hydrogen) atoms. The molecule has 0 fully saturated rings. The van der Waals surface area contributed by atoms with Crippen LogP contribution in [0.4, 0.5) is 5.95 Å². The Morgan fingerprint density at radius 2 is 2.31 bits per heavy atom. The number of hydrogen-bond donors (Lipinski definition) is 1. The Kier molecular flexibility index (Phi) is 2.91. The summed E-state index contributed by atoms with van der Waals surface area (Å²) in [7, 11) is 1.61. The molecule has 2 heterocycles. The van der Waals surface area contributed by atoms with E-state index < -0.39 is 0 Å². The van der Waals surface area contributed by atoms with Crippen molar-refractivity contribution in [2.45, 2.75) is 0 Å². The summed E-state index contributed by atoms with van der Waals surface area (Å²) in [6.07, 6.45) is 3.05. The third kappa shape index (κ3) is 2.40. The lowest BCUT2D eigenvalue weighted by Gasteiger charge is -1.99. The molecule has 0 aliphatic rings. The monoisotopic (exact) mass is 282 g/mol. The molecule has 0 radical (unpaired) electrons. The van der Waals surface area contributed by atoms with E-state index in [0.717, 1.165) is 4.47 Å². The minimum absolute atomic E-state index is 0.160. The van der Waals surface area contributed by atoms with Crippen molar-refractivity contribution in [1.29, 1.82) is 0 Å². The highest BCUT2D eigenvalue weighted by Gasteiger charge is 2.09. The molecule has 0 aromatic carbocycles. The summed E-state index contributed by atoms with van der Waals surface area (Å²) >= 11 is 3.23. The number of anilines is 1. The smallest absolute Gasteiger partial charge is 0.270 e. The molecule has 2 aromatic heterocycles. The number of aryl methyl sites for hydroxylation is 1. The summed E-state index contributed by atoms with van der Waals surface area (Å²) in [4.78, 5) is 16.8. The van der Waals surface area contributed by atoms with E-state index in [4.69, 9.17) is 0 Å². The molecule has 0 saturated carbocycles. The predicted octanol–water partition coefficient (Wildman–Crippen LogP) is 0.620. The molecule has 0 saturated heterocycles. The molecule has 0 atom stereocenters. The molecule has 0 aliphatic heterocycles. The van der Waals surface area contributed by atoms with Gasteiger partial charge in [0.25, 0.3) is 11.9 Å². The largest absolute Gasteiger partial charge is 0.288 e. The van der Waals surface area contributed by atoms with Gasteiger partial charge in [-0.15, -0.1) is 5.10 Å². The van der Waals surface area contributed by atoms with E-state index in [9.17, 15) is 4.79 Å². The van der Waals surface area contributed by atoms with Crippen LogP contribution in [0.2, 0.25) is 0 Å². The van der Waals surface area contributed by atoms with Crippen molar-refractivity contribution in [3.05, 3.63) is 28.5 Å². The maximum Gasteiger partial charge on any atom is 0.270 e. The van der Waals surface area contributed by atoms with Crippen LogP contribution in [0.15, 0.2) is 22.9 Å². The summed E-state index contributed by atoms with van der Waals surface area (Å²) in [6.45, 7) is 0. The lowest BCUT2D eigenvalue weighted by molar-refractivity contribution is 0.102. The van der Waals surface area contributed by atoms with E-state index in [1.807, 2.05) is 0 Å². The Balaban J connectivity index is 2.14. The number of carbonyl (C=O) groups is 1. The lowest BCUT2D eigenvalue weighted by atomic mass is 10.3. The van der Waals surface area contributed by atoms with Gasteiger partial charge in [-0.1, -0.05) is 5.10 Å². The van der Waals surface area contributed by atoms with Crippen LogP contribution >= 0.6 is 15.9 Å². The van der Waals surface area contributed by atoms with Crippen molar-refractivity contribution < 1.29 is 4.79 Å². The van der Waals surface area contributed by atoms with E-state index in [0.29, 0.717) is 5.56 Å². The van der Waals surface area contributed by atoms with E-state index in [2.05, 4.69) is 41.6 Å². The Morgan fingerprint density at radius 3 is 2.94 bits per heavy atom. The fourth-order valence-electron chi connectivity index (χ4n) is 1.04. The minimum atomic E-state index is -0.332. The van der Waals surface area contributed by atoms with Crippen LogP contribution < -0.4 is 5.32 Å². The van der Waals surface area contributed by atoms with E-state index in [1.165, 1.54) is 11.0 Å². The van der Waals surface area contributed by atoms with Gasteiger partial charge in [0.1, 0.15) is 0 Å². The predicted molar refractivity (Wildman–Crippen MR) is 58.7 cm³/mol. The average molecular weight is 283 g/mol. The SMILES string of the molecule is Cn1nnc(NC(=O)c2cncc(Br)c2)n1. The second-order valence-corrected chi connectivity index (χ2v) is 3.86.